The second kappa shape index (κ2) is 21.7. The van der Waals surface area contributed by atoms with Crippen LogP contribution >= 0.6 is 0 Å². The summed E-state index contributed by atoms with van der Waals surface area (Å²) in [5.74, 6) is -5.46. The zero-order valence-corrected chi connectivity index (χ0v) is 27.6. The normalized spacial score (nSPS) is 16.0. The first kappa shape index (κ1) is 41.9. The Hall–Kier alpha value is -4.28. The third-order valence-electron chi connectivity index (χ3n) is 7.67. The minimum absolute atomic E-state index is 0.00905. The third-order valence-corrected chi connectivity index (χ3v) is 7.67. The Kier molecular flexibility index (Phi) is 18.2. The maximum atomic E-state index is 13.4. The predicted molar refractivity (Wildman–Crippen MR) is 175 cm³/mol. The fourth-order valence-corrected chi connectivity index (χ4v) is 4.99. The third kappa shape index (κ3) is 15.5. The first-order valence-electron chi connectivity index (χ1n) is 15.8. The number of nitrogens with zero attached hydrogens (tertiary/aromatic N) is 4. The lowest BCUT2D eigenvalue weighted by atomic mass is 10.1. The number of benzene rings is 1. The Morgan fingerprint density at radius 2 is 0.820 bits per heavy atom. The number of carboxylic acids is 3. The summed E-state index contributed by atoms with van der Waals surface area (Å²) < 4.78 is 0. The monoisotopic (exact) mass is 713 g/mol. The molecule has 50 heavy (non-hydrogen) atoms. The molecule has 0 atom stereocenters. The van der Waals surface area contributed by atoms with Crippen molar-refractivity contribution >= 4 is 41.3 Å². The van der Waals surface area contributed by atoms with E-state index >= 15 is 0 Å². The van der Waals surface area contributed by atoms with E-state index in [4.69, 9.17) is 0 Å². The number of hydrogen-bond acceptors (Lipinski definition) is 14. The van der Waals surface area contributed by atoms with E-state index < -0.39 is 74.1 Å². The number of carbonyl (C=O) groups excluding carboxylic acids is 3. The Labute approximate surface area is 287 Å². The Bertz CT molecular complexity index is 1230. The molecular formula is C30H47N7O13. The van der Waals surface area contributed by atoms with Crippen LogP contribution in [-0.4, -0.2) is 208 Å². The molecule has 1 aliphatic heterocycles. The van der Waals surface area contributed by atoms with Gasteiger partial charge >= 0.3 is 17.9 Å². The van der Waals surface area contributed by atoms with E-state index in [9.17, 15) is 64.5 Å². The molecule has 1 aromatic carbocycles. The van der Waals surface area contributed by atoms with Crippen LogP contribution < -0.4 is 16.0 Å². The van der Waals surface area contributed by atoms with Gasteiger partial charge in [0, 0.05) is 69.2 Å². The maximum absolute atomic E-state index is 13.4. The molecule has 0 unspecified atom stereocenters. The van der Waals surface area contributed by atoms with Crippen LogP contribution in [-0.2, 0) is 19.2 Å². The van der Waals surface area contributed by atoms with Gasteiger partial charge in [0.15, 0.2) is 0 Å². The molecular weight excluding hydrogens is 666 g/mol. The number of nitrogens with one attached hydrogen (secondary N) is 3. The Balaban J connectivity index is 2.33. The first-order chi connectivity index (χ1) is 23.8. The van der Waals surface area contributed by atoms with E-state index in [1.54, 1.807) is 19.6 Å². The van der Waals surface area contributed by atoms with Crippen LogP contribution in [0.15, 0.2) is 18.2 Å². The molecule has 1 aliphatic rings. The number of amides is 3. The van der Waals surface area contributed by atoms with Crippen molar-refractivity contribution in [3.8, 4) is 0 Å². The van der Waals surface area contributed by atoms with E-state index in [1.807, 2.05) is 0 Å². The zero-order valence-electron chi connectivity index (χ0n) is 27.6. The molecule has 10 N–H and O–H groups in total. The standard InChI is InChI=1S/C30H47N7O13/c38-16-23(17-39)32-29(49)20-9-21(30(50)33-24(18-40)19-41)11-22(10-20)31-25(42)12-34-1-3-35(13-26(43)44)5-7-37(15-28(47)48)8-6-36(4-2-34)14-27(45)46/h9-11,23-24,38-41H,1-8,12-19H2,(H,31,42)(H,32,49)(H,33,50)(H,43,44)(H,45,46)(H,47,48). The van der Waals surface area contributed by atoms with E-state index in [-0.39, 0.29) is 95.4 Å². The second-order valence-corrected chi connectivity index (χ2v) is 11.7. The van der Waals surface area contributed by atoms with Crippen LogP contribution in [0.25, 0.3) is 0 Å². The Morgan fingerprint density at radius 1 is 0.520 bits per heavy atom. The van der Waals surface area contributed by atoms with E-state index in [1.165, 1.54) is 18.2 Å². The van der Waals surface area contributed by atoms with Crippen molar-refractivity contribution in [1.82, 2.24) is 30.2 Å². The number of hydrogen-bond donors (Lipinski definition) is 10. The van der Waals surface area contributed by atoms with Crippen LogP contribution in [0.2, 0.25) is 0 Å². The average Bonchev–Trinajstić information content (AvgIpc) is 3.06. The number of rotatable bonds is 17. The molecule has 1 aromatic rings. The summed E-state index contributed by atoms with van der Waals surface area (Å²) in [7, 11) is 0. The highest BCUT2D eigenvalue weighted by Crippen LogP contribution is 2.17. The zero-order chi connectivity index (χ0) is 37.2. The summed E-state index contributed by atoms with van der Waals surface area (Å²) in [6.45, 7) is -2.09. The second-order valence-electron chi connectivity index (χ2n) is 11.7. The number of carboxylic acid groups (broad SMARTS) is 3. The van der Waals surface area contributed by atoms with Crippen LogP contribution in [0.5, 0.6) is 0 Å². The number of anilines is 1. The highest BCUT2D eigenvalue weighted by atomic mass is 16.4. The summed E-state index contributed by atoms with van der Waals surface area (Å²) in [6.07, 6.45) is 0. The van der Waals surface area contributed by atoms with Crippen molar-refractivity contribution in [2.75, 3.05) is 110 Å². The molecule has 2 rings (SSSR count). The summed E-state index contributed by atoms with van der Waals surface area (Å²) in [5.41, 5.74) is -0.239. The van der Waals surface area contributed by atoms with Gasteiger partial charge in [-0.05, 0) is 18.2 Å². The molecule has 1 heterocycles. The van der Waals surface area contributed by atoms with Crippen LogP contribution in [0.4, 0.5) is 5.69 Å². The van der Waals surface area contributed by atoms with Gasteiger partial charge in [0.1, 0.15) is 0 Å². The highest BCUT2D eigenvalue weighted by molar-refractivity contribution is 6.03. The summed E-state index contributed by atoms with van der Waals surface area (Å²) in [6, 6.07) is 1.67. The van der Waals surface area contributed by atoms with Gasteiger partial charge in [-0.1, -0.05) is 0 Å². The summed E-state index contributed by atoms with van der Waals surface area (Å²) in [4.78, 5) is 80.2. The van der Waals surface area contributed by atoms with Crippen LogP contribution in [0.3, 0.4) is 0 Å². The fraction of sp³-hybridized carbons (Fsp3) is 0.600. The molecule has 20 heteroatoms. The van der Waals surface area contributed by atoms with Crippen molar-refractivity contribution < 1.29 is 64.5 Å². The topological polar surface area (TPSA) is 293 Å². The highest BCUT2D eigenvalue weighted by Gasteiger charge is 2.23. The molecule has 1 saturated heterocycles. The van der Waals surface area contributed by atoms with Gasteiger partial charge < -0.3 is 51.7 Å². The number of aliphatic hydroxyl groups is 4. The van der Waals surface area contributed by atoms with Crippen LogP contribution in [0, 0.1) is 0 Å². The van der Waals surface area contributed by atoms with Gasteiger partial charge in [-0.3, -0.25) is 48.4 Å². The lowest BCUT2D eigenvalue weighted by Gasteiger charge is -2.32. The van der Waals surface area contributed by atoms with Crippen molar-refractivity contribution in [2.45, 2.75) is 12.1 Å². The van der Waals surface area contributed by atoms with Crippen molar-refractivity contribution in [2.24, 2.45) is 0 Å². The van der Waals surface area contributed by atoms with Crippen molar-refractivity contribution in [3.63, 3.8) is 0 Å². The van der Waals surface area contributed by atoms with Gasteiger partial charge in [0.2, 0.25) is 5.91 Å². The quantitative estimate of drug-likeness (QED) is 0.0725. The molecule has 280 valence electrons. The average molecular weight is 714 g/mol. The Morgan fingerprint density at radius 3 is 1.10 bits per heavy atom. The SMILES string of the molecule is O=C(O)CN1CCN(CC(=O)O)CCN(CC(=O)Nc2cc(C(=O)NC(CO)CO)cc(C(=O)NC(CO)CO)c2)CCN(CC(=O)O)CC1. The van der Waals surface area contributed by atoms with Gasteiger partial charge in [0.25, 0.3) is 11.8 Å². The number of aliphatic carboxylic acids is 3. The minimum atomic E-state index is -1.10. The van der Waals surface area contributed by atoms with Crippen molar-refractivity contribution in [1.29, 1.82) is 0 Å². The first-order valence-corrected chi connectivity index (χ1v) is 15.8. The summed E-state index contributed by atoms with van der Waals surface area (Å²) >= 11 is 0. The number of carbonyl (C=O) groups is 6. The largest absolute Gasteiger partial charge is 0.480 e. The number of aliphatic hydroxyl groups excluding tert-OH is 4. The molecule has 3 amide bonds. The predicted octanol–water partition coefficient (Wildman–Crippen LogP) is -4.73. The fourth-order valence-electron chi connectivity index (χ4n) is 4.99. The molecule has 0 aliphatic carbocycles. The molecule has 0 aromatic heterocycles. The molecule has 0 spiro atoms. The van der Waals surface area contributed by atoms with E-state index in [2.05, 4.69) is 16.0 Å². The molecule has 20 nitrogen and oxygen atoms in total. The molecule has 0 saturated carbocycles. The maximum Gasteiger partial charge on any atom is 0.317 e. The van der Waals surface area contributed by atoms with Gasteiger partial charge in [0.05, 0.1) is 64.7 Å². The minimum Gasteiger partial charge on any atom is -0.480 e. The van der Waals surface area contributed by atoms with Gasteiger partial charge in [-0.15, -0.1) is 0 Å². The van der Waals surface area contributed by atoms with Crippen LogP contribution in [0.1, 0.15) is 20.7 Å². The molecule has 0 bridgehead atoms. The van der Waals surface area contributed by atoms with E-state index in [0.717, 1.165) is 0 Å². The van der Waals surface area contributed by atoms with Gasteiger partial charge in [-0.2, -0.15) is 0 Å². The molecule has 1 fully saturated rings. The molecule has 0 radical (unpaired) electrons. The van der Waals surface area contributed by atoms with Gasteiger partial charge in [-0.25, -0.2) is 0 Å². The summed E-state index contributed by atoms with van der Waals surface area (Å²) in [5, 5.41) is 73.1. The lowest BCUT2D eigenvalue weighted by Crippen LogP contribution is -2.49. The lowest BCUT2D eigenvalue weighted by molar-refractivity contribution is -0.140. The van der Waals surface area contributed by atoms with Crippen molar-refractivity contribution in [3.05, 3.63) is 29.3 Å². The smallest absolute Gasteiger partial charge is 0.317 e. The van der Waals surface area contributed by atoms with E-state index in [0.29, 0.717) is 0 Å².